The van der Waals surface area contributed by atoms with Crippen LogP contribution in [-0.2, 0) is 20.2 Å². The highest BCUT2D eigenvalue weighted by molar-refractivity contribution is 7.93. The lowest BCUT2D eigenvalue weighted by atomic mass is 9.72. The lowest BCUT2D eigenvalue weighted by Gasteiger charge is -2.34. The smallest absolute Gasteiger partial charge is 0.270 e. The second-order valence-corrected chi connectivity index (χ2v) is 17.7. The Morgan fingerprint density at radius 3 is 1.94 bits per heavy atom. The molecule has 0 amide bonds. The zero-order chi connectivity index (χ0) is 37.5. The average molecular weight is 732 g/mol. The van der Waals surface area contributed by atoms with E-state index in [0.717, 1.165) is 37.3 Å². The van der Waals surface area contributed by atoms with Crippen LogP contribution in [0.4, 0.5) is 17.1 Å². The molecule has 0 atom stereocenters. The molecule has 0 bridgehead atoms. The van der Waals surface area contributed by atoms with Crippen LogP contribution in [-0.4, -0.2) is 51.4 Å². The largest absolute Gasteiger partial charge is 0.506 e. The number of nitrogens with zero attached hydrogens (tertiary/aromatic N) is 2. The maximum atomic E-state index is 13.9. The Morgan fingerprint density at radius 1 is 0.863 bits per heavy atom. The Kier molecular flexibility index (Phi) is 16.8. The summed E-state index contributed by atoms with van der Waals surface area (Å²) in [5, 5.41) is 22.9. The number of rotatable bonds is 23. The monoisotopic (exact) mass is 731 g/mol. The van der Waals surface area contributed by atoms with Gasteiger partial charge in [-0.05, 0) is 35.8 Å². The van der Waals surface area contributed by atoms with Gasteiger partial charge in [0.25, 0.3) is 15.7 Å². The molecule has 1 aliphatic rings. The summed E-state index contributed by atoms with van der Waals surface area (Å²) in [6.07, 6.45) is 18.5. The Bertz CT molecular complexity index is 1480. The van der Waals surface area contributed by atoms with E-state index >= 15 is 0 Å². The Labute approximate surface area is 307 Å². The predicted molar refractivity (Wildman–Crippen MR) is 208 cm³/mol. The minimum atomic E-state index is -4.37. The van der Waals surface area contributed by atoms with Crippen LogP contribution < -0.4 is 14.4 Å². The minimum Gasteiger partial charge on any atom is -0.506 e. The van der Waals surface area contributed by atoms with Crippen molar-refractivity contribution in [3.05, 3.63) is 46.0 Å². The number of aromatic hydroxyl groups is 1. The van der Waals surface area contributed by atoms with Crippen molar-refractivity contribution < 1.29 is 27.9 Å². The molecule has 0 spiro atoms. The zero-order valence-electron chi connectivity index (χ0n) is 32.2. The predicted octanol–water partition coefficient (Wildman–Crippen LogP) is 10.5. The first kappa shape index (κ1) is 42.4. The second kappa shape index (κ2) is 20.3. The van der Waals surface area contributed by atoms with Crippen LogP contribution in [0.5, 0.6) is 11.5 Å². The third-order valence-electron chi connectivity index (χ3n) is 9.59. The molecule has 1 aliphatic heterocycles. The van der Waals surface area contributed by atoms with Gasteiger partial charge >= 0.3 is 0 Å². The van der Waals surface area contributed by atoms with Gasteiger partial charge in [-0.15, -0.1) is 0 Å². The molecule has 0 radical (unpaired) electrons. The van der Waals surface area contributed by atoms with Crippen LogP contribution >= 0.6 is 0 Å². The first-order valence-corrected chi connectivity index (χ1v) is 20.8. The first-order valence-electron chi connectivity index (χ1n) is 19.3. The molecular weight excluding hydrogens is 667 g/mol. The summed E-state index contributed by atoms with van der Waals surface area (Å²) in [5.74, 6) is 0.277. The van der Waals surface area contributed by atoms with Crippen LogP contribution in [0.3, 0.4) is 0 Å². The summed E-state index contributed by atoms with van der Waals surface area (Å²) in [6.45, 7) is 15.1. The molecule has 0 aliphatic carbocycles. The molecule has 1 fully saturated rings. The highest BCUT2D eigenvalue weighted by Crippen LogP contribution is 2.45. The fourth-order valence-corrected chi connectivity index (χ4v) is 8.61. The van der Waals surface area contributed by atoms with E-state index in [1.54, 1.807) is 12.1 Å². The molecule has 1 heterocycles. The molecule has 2 N–H and O–H groups in total. The number of benzene rings is 2. The SMILES string of the molecule is CCCCCCCCCCCCCCCCOc1cc(NS(=O)(=O)c2cc([N+](=O)[O-])ccc2N2CCOCC2)c(O)cc1C(C)(C)CC(C)(C)C. The van der Waals surface area contributed by atoms with Gasteiger partial charge < -0.3 is 19.5 Å². The van der Waals surface area contributed by atoms with Crippen LogP contribution in [0, 0.1) is 15.5 Å². The summed E-state index contributed by atoms with van der Waals surface area (Å²) >= 11 is 0. The number of hydrogen-bond donors (Lipinski definition) is 2. The number of phenolic OH excluding ortho intramolecular Hbond substituents is 1. The summed E-state index contributed by atoms with van der Waals surface area (Å²) < 4.78 is 42.2. The van der Waals surface area contributed by atoms with E-state index in [0.29, 0.717) is 44.3 Å². The first-order chi connectivity index (χ1) is 24.1. The van der Waals surface area contributed by atoms with E-state index in [2.05, 4.69) is 46.3 Å². The van der Waals surface area contributed by atoms with Crippen molar-refractivity contribution in [3.8, 4) is 11.5 Å². The van der Waals surface area contributed by atoms with Crippen LogP contribution in [0.25, 0.3) is 0 Å². The van der Waals surface area contributed by atoms with E-state index in [1.165, 1.54) is 82.8 Å². The third-order valence-corrected chi connectivity index (χ3v) is 11.0. The van der Waals surface area contributed by atoms with Crippen LogP contribution in [0.1, 0.15) is 143 Å². The van der Waals surface area contributed by atoms with Gasteiger partial charge in [-0.2, -0.15) is 0 Å². The number of sulfonamides is 1. The van der Waals surface area contributed by atoms with Crippen molar-refractivity contribution in [2.75, 3.05) is 42.5 Å². The maximum absolute atomic E-state index is 13.9. The average Bonchev–Trinajstić information content (AvgIpc) is 3.06. The number of hydrogen-bond acceptors (Lipinski definition) is 8. The molecule has 1 saturated heterocycles. The summed E-state index contributed by atoms with van der Waals surface area (Å²) in [4.78, 5) is 12.6. The molecule has 51 heavy (non-hydrogen) atoms. The number of anilines is 2. The Morgan fingerprint density at radius 2 is 1.41 bits per heavy atom. The molecule has 10 nitrogen and oxygen atoms in total. The topological polar surface area (TPSA) is 131 Å². The van der Waals surface area contributed by atoms with Crippen LogP contribution in [0.15, 0.2) is 35.2 Å². The van der Waals surface area contributed by atoms with E-state index < -0.39 is 14.9 Å². The standard InChI is InChI=1S/C40H65N3O7S/c1-7-8-9-10-11-12-13-14-15-16-17-18-19-20-25-50-37-30-34(36(44)29-33(37)40(5,6)31-39(2,3)4)41-51(47,48)38-28-32(43(45)46)21-22-35(38)42-23-26-49-27-24-42/h21-22,28-30,41,44H,7-20,23-27,31H2,1-6H3. The van der Waals surface area contributed by atoms with Crippen molar-refractivity contribution in [3.63, 3.8) is 0 Å². The van der Waals surface area contributed by atoms with Crippen molar-refractivity contribution in [1.29, 1.82) is 0 Å². The minimum absolute atomic E-state index is 0.0107. The van der Waals surface area contributed by atoms with Gasteiger partial charge in [0.15, 0.2) is 0 Å². The Balaban J connectivity index is 1.70. The van der Waals surface area contributed by atoms with Crippen LogP contribution in [0.2, 0.25) is 0 Å². The van der Waals surface area contributed by atoms with Crippen molar-refractivity contribution >= 4 is 27.1 Å². The highest BCUT2D eigenvalue weighted by atomic mass is 32.2. The number of nitro groups is 1. The van der Waals surface area contributed by atoms with Gasteiger partial charge in [-0.1, -0.05) is 125 Å². The maximum Gasteiger partial charge on any atom is 0.270 e. The molecular formula is C40H65N3O7S. The molecule has 0 aromatic heterocycles. The van der Waals surface area contributed by atoms with Gasteiger partial charge in [-0.25, -0.2) is 8.42 Å². The molecule has 3 rings (SSSR count). The zero-order valence-corrected chi connectivity index (χ0v) is 33.0. The number of phenols is 1. The summed E-state index contributed by atoms with van der Waals surface area (Å²) in [6, 6.07) is 6.98. The molecule has 2 aromatic carbocycles. The van der Waals surface area contributed by atoms with Gasteiger partial charge in [0, 0.05) is 36.9 Å². The van der Waals surface area contributed by atoms with Gasteiger partial charge in [0.2, 0.25) is 0 Å². The van der Waals surface area contributed by atoms with Gasteiger partial charge in [0.05, 0.1) is 36.1 Å². The van der Waals surface area contributed by atoms with Crippen molar-refractivity contribution in [2.24, 2.45) is 5.41 Å². The quantitative estimate of drug-likeness (QED) is 0.0500. The summed E-state index contributed by atoms with van der Waals surface area (Å²) in [7, 11) is -4.37. The van der Waals surface area contributed by atoms with E-state index in [4.69, 9.17) is 9.47 Å². The normalized spacial score (nSPS) is 14.1. The lowest BCUT2D eigenvalue weighted by Crippen LogP contribution is -2.37. The fraction of sp³-hybridized carbons (Fsp3) is 0.700. The number of morpholine rings is 1. The molecule has 288 valence electrons. The lowest BCUT2D eigenvalue weighted by molar-refractivity contribution is -0.385. The van der Waals surface area contributed by atoms with E-state index in [9.17, 15) is 23.6 Å². The number of non-ortho nitro benzene ring substituents is 1. The molecule has 0 unspecified atom stereocenters. The second-order valence-electron chi connectivity index (χ2n) is 16.0. The number of nitro benzene ring substituents is 1. The molecule has 2 aromatic rings. The Hall–Kier alpha value is -3.05. The highest BCUT2D eigenvalue weighted by Gasteiger charge is 2.32. The summed E-state index contributed by atoms with van der Waals surface area (Å²) in [5.41, 5.74) is 0.361. The van der Waals surface area contributed by atoms with E-state index in [-0.39, 0.29) is 32.8 Å². The van der Waals surface area contributed by atoms with Crippen molar-refractivity contribution in [2.45, 2.75) is 148 Å². The van der Waals surface area contributed by atoms with Gasteiger partial charge in [-0.3, -0.25) is 14.8 Å². The fourth-order valence-electron chi connectivity index (χ4n) is 7.30. The third kappa shape index (κ3) is 14.1. The number of nitrogens with one attached hydrogen (secondary N) is 1. The number of ether oxygens (including phenoxy) is 2. The van der Waals surface area contributed by atoms with Crippen molar-refractivity contribution in [1.82, 2.24) is 0 Å². The number of unbranched alkanes of at least 4 members (excludes halogenated alkanes) is 13. The molecule has 11 heteroatoms. The van der Waals surface area contributed by atoms with Gasteiger partial charge in [0.1, 0.15) is 16.4 Å². The van der Waals surface area contributed by atoms with E-state index in [1.807, 2.05) is 4.90 Å². The molecule has 0 saturated carbocycles.